The largest absolute Gasteiger partial charge is 0.456 e. The van der Waals surface area contributed by atoms with Gasteiger partial charge in [-0.05, 0) is 189 Å². The van der Waals surface area contributed by atoms with Crippen LogP contribution in [0.25, 0.3) is 65.4 Å². The van der Waals surface area contributed by atoms with Crippen molar-refractivity contribution in [3.8, 4) is 0 Å². The van der Waals surface area contributed by atoms with E-state index in [2.05, 4.69) is 252 Å². The average Bonchev–Trinajstić information content (AvgIpc) is 3.92. The monoisotopic (exact) mass is 973 g/mol. The molecule has 0 radical (unpaired) electrons. The third-order valence-electron chi connectivity index (χ3n) is 15.8. The molecule has 4 nitrogen and oxygen atoms in total. The van der Waals surface area contributed by atoms with E-state index in [9.17, 15) is 0 Å². The number of fused-ring (bicyclic) bond motifs is 8. The maximum Gasteiger partial charge on any atom is 0.140 e. The molecule has 0 amide bonds. The zero-order chi connectivity index (χ0) is 52.0. The fourth-order valence-corrected chi connectivity index (χ4v) is 11.5. The van der Waals surface area contributed by atoms with E-state index in [1.165, 1.54) is 66.7 Å². The predicted molar refractivity (Wildman–Crippen MR) is 319 cm³/mol. The van der Waals surface area contributed by atoms with Gasteiger partial charge in [0.15, 0.2) is 0 Å². The van der Waals surface area contributed by atoms with E-state index in [1.54, 1.807) is 0 Å². The second kappa shape index (κ2) is 18.9. The van der Waals surface area contributed by atoms with Gasteiger partial charge in [0.05, 0.1) is 0 Å². The van der Waals surface area contributed by atoms with E-state index in [4.69, 9.17) is 8.83 Å². The summed E-state index contributed by atoms with van der Waals surface area (Å²) in [6.45, 7) is 31.8. The highest BCUT2D eigenvalue weighted by atomic mass is 16.3. The summed E-state index contributed by atoms with van der Waals surface area (Å²) in [5, 5.41) is 9.22. The van der Waals surface area contributed by atoms with Gasteiger partial charge in [0, 0.05) is 66.8 Å². The van der Waals surface area contributed by atoms with Crippen molar-refractivity contribution in [2.24, 2.45) is 0 Å². The Kier molecular flexibility index (Phi) is 12.5. The SMILES string of the molecule is Cc1ccc(C(C)C)cc1N(c1cccc(C(C)C)c1)c1ccc2cc3c(cc2c1)oc1c(C(C)C)c2c(oc4cc5cc(N(c6cccc(C(C)C)c6)c6cc(C(C)C)ccc6C)ccc5cc42)c(C(C)C)c13. The second-order valence-corrected chi connectivity index (χ2v) is 23.1. The number of rotatable bonds is 12. The van der Waals surface area contributed by atoms with Gasteiger partial charge in [0.2, 0.25) is 0 Å². The number of hydrogen-bond acceptors (Lipinski definition) is 4. The van der Waals surface area contributed by atoms with Crippen LogP contribution >= 0.6 is 0 Å². The van der Waals surface area contributed by atoms with Crippen LogP contribution in [0.1, 0.15) is 163 Å². The number of nitrogens with zero attached hydrogens (tertiary/aromatic N) is 2. The maximum atomic E-state index is 7.25. The van der Waals surface area contributed by atoms with E-state index >= 15 is 0 Å². The van der Waals surface area contributed by atoms with Crippen LogP contribution in [0.4, 0.5) is 34.1 Å². The van der Waals surface area contributed by atoms with Gasteiger partial charge in [-0.2, -0.15) is 0 Å². The molecule has 0 atom stereocenters. The Hall–Kier alpha value is -7.30. The third kappa shape index (κ3) is 8.41. The summed E-state index contributed by atoms with van der Waals surface area (Å²) in [7, 11) is 0. The number of benzene rings is 9. The van der Waals surface area contributed by atoms with E-state index in [1.807, 2.05) is 0 Å². The van der Waals surface area contributed by atoms with Crippen LogP contribution < -0.4 is 9.80 Å². The van der Waals surface area contributed by atoms with Crippen molar-refractivity contribution in [2.45, 2.75) is 132 Å². The predicted octanol–water partition coefficient (Wildman–Crippen LogP) is 22.1. The molecule has 0 aliphatic heterocycles. The molecule has 2 heterocycles. The van der Waals surface area contributed by atoms with Crippen molar-refractivity contribution in [3.63, 3.8) is 0 Å². The van der Waals surface area contributed by atoms with E-state index in [0.29, 0.717) is 23.7 Å². The smallest absolute Gasteiger partial charge is 0.140 e. The van der Waals surface area contributed by atoms with E-state index in [-0.39, 0.29) is 11.8 Å². The molecular weight excluding hydrogens is 901 g/mol. The lowest BCUT2D eigenvalue weighted by Gasteiger charge is -2.29. The van der Waals surface area contributed by atoms with Gasteiger partial charge in [0.25, 0.3) is 0 Å². The Labute approximate surface area is 438 Å². The van der Waals surface area contributed by atoms with Gasteiger partial charge in [-0.25, -0.2) is 0 Å². The first-order chi connectivity index (χ1) is 35.4. The summed E-state index contributed by atoms with van der Waals surface area (Å²) in [6, 6.07) is 55.1. The van der Waals surface area contributed by atoms with Gasteiger partial charge in [0.1, 0.15) is 22.3 Å². The number of aryl methyl sites for hydroxylation is 2. The summed E-state index contributed by atoms with van der Waals surface area (Å²) < 4.78 is 14.5. The Bertz CT molecular complexity index is 3710. The molecule has 9 aromatic carbocycles. The lowest BCUT2D eigenvalue weighted by atomic mass is 9.87. The number of anilines is 6. The highest BCUT2D eigenvalue weighted by molar-refractivity contribution is 6.22. The summed E-state index contributed by atoms with van der Waals surface area (Å²) in [6.07, 6.45) is 0. The van der Waals surface area contributed by atoms with Crippen LogP contribution in [-0.2, 0) is 0 Å². The molecule has 11 aromatic rings. The van der Waals surface area contributed by atoms with Crippen LogP contribution in [0, 0.1) is 13.8 Å². The van der Waals surface area contributed by atoms with Crippen LogP contribution in [0.2, 0.25) is 0 Å². The molecule has 2 aromatic heterocycles. The third-order valence-corrected chi connectivity index (χ3v) is 15.8. The van der Waals surface area contributed by atoms with E-state index in [0.717, 1.165) is 77.4 Å². The second-order valence-electron chi connectivity index (χ2n) is 23.1. The minimum absolute atomic E-state index is 0.168. The van der Waals surface area contributed by atoms with Gasteiger partial charge in [-0.15, -0.1) is 0 Å². The fourth-order valence-electron chi connectivity index (χ4n) is 11.5. The Morgan fingerprint density at radius 2 is 0.689 bits per heavy atom. The van der Waals surface area contributed by atoms with Crippen LogP contribution in [-0.4, -0.2) is 0 Å². The zero-order valence-electron chi connectivity index (χ0n) is 46.0. The standard InChI is InChI=1S/C70H72N2O2/c1-39(2)47-17-15-19-55(29-47)71(61-35-49(41(5)6)23-21-45(61)13)57-27-25-51-33-59-63(37-53(51)31-57)73-69-66(44(11)12)68-60-34-52-26-28-58(32-54(52)38-64(60)74-70(68)65(43(9)10)67(59)69)72(56-20-16-18-48(30-56)40(3)4)62-36-50(42(7)8)24-22-46(62)14/h15-44H,1-14H3. The van der Waals surface area contributed by atoms with Crippen molar-refractivity contribution in [3.05, 3.63) is 190 Å². The topological polar surface area (TPSA) is 32.8 Å². The number of hydrogen-bond donors (Lipinski definition) is 0. The molecule has 374 valence electrons. The minimum Gasteiger partial charge on any atom is -0.456 e. The molecule has 0 aliphatic rings. The van der Waals surface area contributed by atoms with Crippen molar-refractivity contribution < 1.29 is 8.83 Å². The highest BCUT2D eigenvalue weighted by Crippen LogP contribution is 2.50. The lowest BCUT2D eigenvalue weighted by Crippen LogP contribution is -2.12. The molecule has 11 rings (SSSR count). The average molecular weight is 973 g/mol. The fraction of sp³-hybridized carbons (Fsp3) is 0.286. The Morgan fingerprint density at radius 3 is 1.05 bits per heavy atom. The van der Waals surface area contributed by atoms with Crippen molar-refractivity contribution in [1.82, 2.24) is 0 Å². The van der Waals surface area contributed by atoms with Crippen molar-refractivity contribution in [1.29, 1.82) is 0 Å². The molecule has 0 unspecified atom stereocenters. The molecule has 0 spiro atoms. The summed E-state index contributed by atoms with van der Waals surface area (Å²) in [5.74, 6) is 1.98. The Balaban J connectivity index is 1.09. The molecule has 0 aliphatic carbocycles. The first kappa shape index (κ1) is 48.9. The first-order valence-electron chi connectivity index (χ1n) is 27.2. The molecule has 4 heteroatoms. The van der Waals surface area contributed by atoms with Crippen LogP contribution in [0.3, 0.4) is 0 Å². The normalized spacial score (nSPS) is 12.4. The number of furan rings is 2. The lowest BCUT2D eigenvalue weighted by molar-refractivity contribution is 0.649. The van der Waals surface area contributed by atoms with Crippen molar-refractivity contribution in [2.75, 3.05) is 9.80 Å². The first-order valence-corrected chi connectivity index (χ1v) is 27.2. The van der Waals surface area contributed by atoms with E-state index < -0.39 is 0 Å². The molecule has 0 N–H and O–H groups in total. The van der Waals surface area contributed by atoms with Crippen LogP contribution in [0.15, 0.2) is 154 Å². The summed E-state index contributed by atoms with van der Waals surface area (Å²) in [5.41, 5.74) is 20.8. The molecule has 0 fully saturated rings. The molecule has 74 heavy (non-hydrogen) atoms. The van der Waals surface area contributed by atoms with Gasteiger partial charge >= 0.3 is 0 Å². The van der Waals surface area contributed by atoms with Gasteiger partial charge in [-0.3, -0.25) is 0 Å². The maximum absolute atomic E-state index is 7.25. The zero-order valence-corrected chi connectivity index (χ0v) is 46.0. The van der Waals surface area contributed by atoms with Crippen molar-refractivity contribution >= 4 is 99.5 Å². The molecule has 0 saturated heterocycles. The Morgan fingerprint density at radius 1 is 0.324 bits per heavy atom. The quantitative estimate of drug-likeness (QED) is 0.122. The minimum atomic E-state index is 0.168. The summed E-state index contributed by atoms with van der Waals surface area (Å²) >= 11 is 0. The molecule has 0 bridgehead atoms. The van der Waals surface area contributed by atoms with Crippen LogP contribution in [0.5, 0.6) is 0 Å². The summed E-state index contributed by atoms with van der Waals surface area (Å²) in [4.78, 5) is 4.89. The molecule has 0 saturated carbocycles. The molecular formula is C70H72N2O2. The highest BCUT2D eigenvalue weighted by Gasteiger charge is 2.29. The van der Waals surface area contributed by atoms with Gasteiger partial charge < -0.3 is 18.6 Å². The van der Waals surface area contributed by atoms with Gasteiger partial charge in [-0.1, -0.05) is 144 Å².